The molecule has 3 heteroatoms. The summed E-state index contributed by atoms with van der Waals surface area (Å²) in [6.07, 6.45) is 4.80. The lowest BCUT2D eigenvalue weighted by molar-refractivity contribution is -0.119. The number of hydrogen-bond donors (Lipinski definition) is 1. The van der Waals surface area contributed by atoms with Gasteiger partial charge in [-0.2, -0.15) is 0 Å². The summed E-state index contributed by atoms with van der Waals surface area (Å²) >= 11 is 0. The number of hydrogen-bond acceptors (Lipinski definition) is 2. The van der Waals surface area contributed by atoms with Crippen molar-refractivity contribution in [1.29, 1.82) is 0 Å². The topological polar surface area (TPSA) is 38.3 Å². The van der Waals surface area contributed by atoms with Gasteiger partial charge in [0.2, 0.25) is 5.91 Å². The summed E-state index contributed by atoms with van der Waals surface area (Å²) in [4.78, 5) is 12.0. The van der Waals surface area contributed by atoms with Gasteiger partial charge in [0.15, 0.2) is 0 Å². The van der Waals surface area contributed by atoms with Gasteiger partial charge in [0.05, 0.1) is 7.11 Å². The molecule has 0 spiro atoms. The fourth-order valence-electron chi connectivity index (χ4n) is 1.63. The zero-order valence-corrected chi connectivity index (χ0v) is 10.7. The largest absolute Gasteiger partial charge is 0.497 e. The summed E-state index contributed by atoms with van der Waals surface area (Å²) in [6, 6.07) is 7.25. The minimum Gasteiger partial charge on any atom is -0.497 e. The zero-order valence-electron chi connectivity index (χ0n) is 10.7. The van der Waals surface area contributed by atoms with E-state index in [-0.39, 0.29) is 11.8 Å². The van der Waals surface area contributed by atoms with Gasteiger partial charge in [-0.05, 0) is 37.1 Å². The molecule has 1 aromatic carbocycles. The third-order valence-corrected chi connectivity index (χ3v) is 2.63. The average molecular weight is 245 g/mol. The van der Waals surface area contributed by atoms with Crippen molar-refractivity contribution in [1.82, 2.24) is 0 Å². The molecule has 0 radical (unpaired) electrons. The zero-order chi connectivity index (χ0) is 13.4. The van der Waals surface area contributed by atoms with Crippen LogP contribution >= 0.6 is 0 Å². The Morgan fingerprint density at radius 2 is 1.83 bits per heavy atom. The summed E-state index contributed by atoms with van der Waals surface area (Å²) in [5.74, 6) is 0.642. The lowest BCUT2D eigenvalue weighted by Gasteiger charge is -2.13. The second-order valence-electron chi connectivity index (χ2n) is 3.96. The first-order chi connectivity index (χ1) is 8.71. The smallest absolute Gasteiger partial charge is 0.228 e. The van der Waals surface area contributed by atoms with Gasteiger partial charge < -0.3 is 10.1 Å². The van der Waals surface area contributed by atoms with Gasteiger partial charge in [-0.1, -0.05) is 12.2 Å². The van der Waals surface area contributed by atoms with Crippen molar-refractivity contribution in [3.05, 3.63) is 49.6 Å². The van der Waals surface area contributed by atoms with E-state index in [2.05, 4.69) is 18.5 Å². The van der Waals surface area contributed by atoms with Crippen molar-refractivity contribution >= 4 is 11.6 Å². The number of carbonyl (C=O) groups excluding carboxylic acids is 1. The fourth-order valence-corrected chi connectivity index (χ4v) is 1.63. The molecule has 0 unspecified atom stereocenters. The van der Waals surface area contributed by atoms with Gasteiger partial charge in [-0.25, -0.2) is 0 Å². The first kappa shape index (κ1) is 14.0. The summed E-state index contributed by atoms with van der Waals surface area (Å²) in [6.45, 7) is 7.33. The van der Waals surface area contributed by atoms with Crippen molar-refractivity contribution in [2.24, 2.45) is 5.92 Å². The molecule has 0 atom stereocenters. The molecular weight excluding hydrogens is 226 g/mol. The number of benzene rings is 1. The summed E-state index contributed by atoms with van der Waals surface area (Å²) in [5.41, 5.74) is 0.763. The molecular formula is C15H19NO2. The molecule has 0 fully saturated rings. The SMILES string of the molecule is C=CCC(CC=C)C(=O)Nc1ccc(OC)cc1. The molecule has 0 heterocycles. The Hall–Kier alpha value is -2.03. The molecule has 0 aliphatic carbocycles. The van der Waals surface area contributed by atoms with Crippen molar-refractivity contribution in [3.63, 3.8) is 0 Å². The van der Waals surface area contributed by atoms with E-state index in [1.807, 2.05) is 24.3 Å². The highest BCUT2D eigenvalue weighted by molar-refractivity contribution is 5.92. The van der Waals surface area contributed by atoms with E-state index >= 15 is 0 Å². The van der Waals surface area contributed by atoms with E-state index in [0.717, 1.165) is 11.4 Å². The lowest BCUT2D eigenvalue weighted by atomic mass is 10.0. The van der Waals surface area contributed by atoms with Crippen LogP contribution in [0.2, 0.25) is 0 Å². The maximum atomic E-state index is 12.0. The van der Waals surface area contributed by atoms with Gasteiger partial charge in [-0.15, -0.1) is 13.2 Å². The summed E-state index contributed by atoms with van der Waals surface area (Å²) in [7, 11) is 1.61. The van der Waals surface area contributed by atoms with Crippen molar-refractivity contribution < 1.29 is 9.53 Å². The lowest BCUT2D eigenvalue weighted by Crippen LogP contribution is -2.21. The Bertz CT molecular complexity index is 399. The Morgan fingerprint density at radius 1 is 1.28 bits per heavy atom. The highest BCUT2D eigenvalue weighted by Gasteiger charge is 2.15. The van der Waals surface area contributed by atoms with Crippen LogP contribution in [0.3, 0.4) is 0 Å². The second kappa shape index (κ2) is 7.33. The monoisotopic (exact) mass is 245 g/mol. The Labute approximate surface area is 108 Å². The van der Waals surface area contributed by atoms with E-state index in [0.29, 0.717) is 12.8 Å². The molecule has 3 nitrogen and oxygen atoms in total. The number of allylic oxidation sites excluding steroid dienone is 2. The van der Waals surface area contributed by atoms with Gasteiger partial charge in [0.1, 0.15) is 5.75 Å². The molecule has 0 saturated carbocycles. The van der Waals surface area contributed by atoms with Gasteiger partial charge >= 0.3 is 0 Å². The molecule has 1 N–H and O–H groups in total. The molecule has 18 heavy (non-hydrogen) atoms. The van der Waals surface area contributed by atoms with Crippen LogP contribution in [0.15, 0.2) is 49.6 Å². The van der Waals surface area contributed by atoms with Gasteiger partial charge in [0.25, 0.3) is 0 Å². The van der Waals surface area contributed by atoms with Crippen LogP contribution in [0, 0.1) is 5.92 Å². The fraction of sp³-hybridized carbons (Fsp3) is 0.267. The van der Waals surface area contributed by atoms with Crippen LogP contribution in [-0.4, -0.2) is 13.0 Å². The third kappa shape index (κ3) is 4.09. The predicted octanol–water partition coefficient (Wildman–Crippen LogP) is 3.40. The van der Waals surface area contributed by atoms with E-state index in [9.17, 15) is 4.79 Å². The molecule has 0 aliphatic rings. The number of amides is 1. The molecule has 96 valence electrons. The van der Waals surface area contributed by atoms with Crippen molar-refractivity contribution in [2.45, 2.75) is 12.8 Å². The minimum absolute atomic E-state index is 0.0139. The molecule has 0 bridgehead atoms. The first-order valence-electron chi connectivity index (χ1n) is 5.88. The number of ether oxygens (including phenoxy) is 1. The maximum absolute atomic E-state index is 12.0. The molecule has 1 amide bonds. The van der Waals surface area contributed by atoms with E-state index in [1.165, 1.54) is 0 Å². The van der Waals surface area contributed by atoms with Gasteiger partial charge in [0, 0.05) is 11.6 Å². The Kier molecular flexibility index (Phi) is 5.71. The number of anilines is 1. The minimum atomic E-state index is -0.109. The van der Waals surface area contributed by atoms with Gasteiger partial charge in [-0.3, -0.25) is 4.79 Å². The van der Waals surface area contributed by atoms with Crippen LogP contribution in [0.25, 0.3) is 0 Å². The van der Waals surface area contributed by atoms with Crippen LogP contribution in [0.1, 0.15) is 12.8 Å². The number of carbonyl (C=O) groups is 1. The number of nitrogens with one attached hydrogen (secondary N) is 1. The van der Waals surface area contributed by atoms with Crippen molar-refractivity contribution in [2.75, 3.05) is 12.4 Å². The standard InChI is InChI=1S/C15H19NO2/c1-4-6-12(7-5-2)15(17)16-13-8-10-14(18-3)11-9-13/h4-5,8-12H,1-2,6-7H2,3H3,(H,16,17). The van der Waals surface area contributed by atoms with E-state index in [1.54, 1.807) is 19.3 Å². The van der Waals surface area contributed by atoms with Crippen molar-refractivity contribution in [3.8, 4) is 5.75 Å². The first-order valence-corrected chi connectivity index (χ1v) is 5.88. The molecule has 0 aromatic heterocycles. The second-order valence-corrected chi connectivity index (χ2v) is 3.96. The highest BCUT2D eigenvalue weighted by Crippen LogP contribution is 2.17. The Balaban J connectivity index is 2.65. The predicted molar refractivity (Wildman–Crippen MR) is 74.7 cm³/mol. The molecule has 0 saturated heterocycles. The average Bonchev–Trinajstić information content (AvgIpc) is 2.39. The Morgan fingerprint density at radius 3 is 2.28 bits per heavy atom. The van der Waals surface area contributed by atoms with Crippen LogP contribution in [0.4, 0.5) is 5.69 Å². The third-order valence-electron chi connectivity index (χ3n) is 2.63. The number of methoxy groups -OCH3 is 1. The van der Waals surface area contributed by atoms with E-state index < -0.39 is 0 Å². The van der Waals surface area contributed by atoms with E-state index in [4.69, 9.17) is 4.74 Å². The molecule has 0 aliphatic heterocycles. The summed E-state index contributed by atoms with van der Waals surface area (Å²) < 4.78 is 5.06. The van der Waals surface area contributed by atoms with Crippen LogP contribution < -0.4 is 10.1 Å². The molecule has 1 rings (SSSR count). The highest BCUT2D eigenvalue weighted by atomic mass is 16.5. The van der Waals surface area contributed by atoms with Crippen LogP contribution in [0.5, 0.6) is 5.75 Å². The summed E-state index contributed by atoms with van der Waals surface area (Å²) in [5, 5.41) is 2.87. The molecule has 1 aromatic rings. The normalized spacial score (nSPS) is 9.89. The van der Waals surface area contributed by atoms with Crippen LogP contribution in [-0.2, 0) is 4.79 Å². The maximum Gasteiger partial charge on any atom is 0.228 e. The quantitative estimate of drug-likeness (QED) is 0.748. The number of rotatable bonds is 7.